The van der Waals surface area contributed by atoms with Gasteiger partial charge in [-0.3, -0.25) is 0 Å². The molecule has 104 valence electrons. The van der Waals surface area contributed by atoms with E-state index in [2.05, 4.69) is 29.4 Å². The standard InChI is InChI=1S/C15H23N3O/c1-3-10(16-4-2)14-17-18-15(19-14)13-11-8-5-6-9(7-8)12(11)13/h8-13,16H,3-7H2,1-2H3. The molecule has 19 heavy (non-hydrogen) atoms. The van der Waals surface area contributed by atoms with Gasteiger partial charge in [-0.2, -0.15) is 0 Å². The van der Waals surface area contributed by atoms with Crippen LogP contribution in [-0.2, 0) is 0 Å². The van der Waals surface area contributed by atoms with Crippen molar-refractivity contribution in [3.05, 3.63) is 11.8 Å². The second kappa shape index (κ2) is 4.30. The van der Waals surface area contributed by atoms with Crippen LogP contribution in [0.15, 0.2) is 4.42 Å². The number of hydrogen-bond donors (Lipinski definition) is 1. The van der Waals surface area contributed by atoms with E-state index in [4.69, 9.17) is 4.42 Å². The lowest BCUT2D eigenvalue weighted by atomic mass is 10.0. The molecule has 5 atom stereocenters. The van der Waals surface area contributed by atoms with E-state index in [9.17, 15) is 0 Å². The van der Waals surface area contributed by atoms with Crippen molar-refractivity contribution >= 4 is 0 Å². The molecule has 2 bridgehead atoms. The zero-order valence-electron chi connectivity index (χ0n) is 11.8. The van der Waals surface area contributed by atoms with E-state index in [0.29, 0.717) is 5.92 Å². The van der Waals surface area contributed by atoms with Gasteiger partial charge in [0.2, 0.25) is 11.8 Å². The average Bonchev–Trinajstić information content (AvgIpc) is 2.85. The van der Waals surface area contributed by atoms with E-state index in [0.717, 1.165) is 48.4 Å². The van der Waals surface area contributed by atoms with E-state index in [1.165, 1.54) is 19.3 Å². The maximum absolute atomic E-state index is 5.99. The molecule has 1 N–H and O–H groups in total. The molecule has 3 aliphatic rings. The number of aromatic nitrogens is 2. The molecule has 4 nitrogen and oxygen atoms in total. The summed E-state index contributed by atoms with van der Waals surface area (Å²) in [6.07, 6.45) is 5.36. The third-order valence-corrected chi connectivity index (χ3v) is 5.63. The van der Waals surface area contributed by atoms with Crippen LogP contribution in [0.25, 0.3) is 0 Å². The van der Waals surface area contributed by atoms with Gasteiger partial charge in [0.25, 0.3) is 0 Å². The predicted octanol–water partition coefficient (Wildman–Crippen LogP) is 2.89. The Balaban J connectivity index is 1.50. The lowest BCUT2D eigenvalue weighted by molar-refractivity contribution is 0.362. The van der Waals surface area contributed by atoms with E-state index in [1.54, 1.807) is 0 Å². The smallest absolute Gasteiger partial charge is 0.233 e. The zero-order valence-corrected chi connectivity index (χ0v) is 11.8. The third kappa shape index (κ3) is 1.69. The fraction of sp³-hybridized carbons (Fsp3) is 0.867. The summed E-state index contributed by atoms with van der Waals surface area (Å²) < 4.78 is 5.99. The maximum Gasteiger partial charge on any atom is 0.233 e. The fourth-order valence-corrected chi connectivity index (χ4v) is 4.83. The normalized spacial score (nSPS) is 40.4. The topological polar surface area (TPSA) is 51.0 Å². The van der Waals surface area contributed by atoms with Crippen LogP contribution < -0.4 is 5.32 Å². The van der Waals surface area contributed by atoms with Crippen molar-refractivity contribution in [2.75, 3.05) is 6.54 Å². The molecule has 1 aromatic rings. The minimum atomic E-state index is 0.224. The third-order valence-electron chi connectivity index (χ3n) is 5.63. The second-order valence-electron chi connectivity index (χ2n) is 6.51. The minimum Gasteiger partial charge on any atom is -0.423 e. The van der Waals surface area contributed by atoms with Crippen LogP contribution >= 0.6 is 0 Å². The molecule has 3 aliphatic carbocycles. The van der Waals surface area contributed by atoms with Gasteiger partial charge in [-0.15, -0.1) is 10.2 Å². The lowest BCUT2D eigenvalue weighted by Crippen LogP contribution is -2.20. The van der Waals surface area contributed by atoms with Crippen LogP contribution in [0.1, 0.15) is 63.3 Å². The Morgan fingerprint density at radius 1 is 1.21 bits per heavy atom. The molecule has 4 heteroatoms. The maximum atomic E-state index is 5.99. The van der Waals surface area contributed by atoms with Crippen LogP contribution in [0, 0.1) is 23.7 Å². The fourth-order valence-electron chi connectivity index (χ4n) is 4.83. The summed E-state index contributed by atoms with van der Waals surface area (Å²) >= 11 is 0. The number of fused-ring (bicyclic) bond motifs is 5. The van der Waals surface area contributed by atoms with Gasteiger partial charge in [0, 0.05) is 5.92 Å². The molecule has 0 spiro atoms. The molecule has 3 fully saturated rings. The minimum absolute atomic E-state index is 0.224. The molecule has 1 aromatic heterocycles. The summed E-state index contributed by atoms with van der Waals surface area (Å²) in [6.45, 7) is 5.21. The van der Waals surface area contributed by atoms with Gasteiger partial charge < -0.3 is 9.73 Å². The summed E-state index contributed by atoms with van der Waals surface area (Å²) in [4.78, 5) is 0. The first-order chi connectivity index (χ1) is 9.33. The summed E-state index contributed by atoms with van der Waals surface area (Å²) in [5.74, 6) is 6.01. The Hall–Kier alpha value is -0.900. The SMILES string of the molecule is CCNC(CC)c1nnc(C2C3C4CCC(C4)C23)o1. The summed E-state index contributed by atoms with van der Waals surface area (Å²) in [6, 6.07) is 0.224. The van der Waals surface area contributed by atoms with Crippen molar-refractivity contribution in [3.8, 4) is 0 Å². The van der Waals surface area contributed by atoms with Crippen molar-refractivity contribution in [2.24, 2.45) is 23.7 Å². The van der Waals surface area contributed by atoms with Gasteiger partial charge in [-0.25, -0.2) is 0 Å². The molecule has 1 heterocycles. The number of hydrogen-bond acceptors (Lipinski definition) is 4. The van der Waals surface area contributed by atoms with Crippen LogP contribution in [0.5, 0.6) is 0 Å². The Morgan fingerprint density at radius 2 is 1.95 bits per heavy atom. The van der Waals surface area contributed by atoms with Gasteiger partial charge in [0.05, 0.1) is 6.04 Å². The molecule has 0 amide bonds. The molecule has 3 saturated carbocycles. The van der Waals surface area contributed by atoms with Crippen molar-refractivity contribution in [3.63, 3.8) is 0 Å². The molecule has 0 aromatic carbocycles. The molecule has 5 unspecified atom stereocenters. The van der Waals surface area contributed by atoms with E-state index in [-0.39, 0.29) is 6.04 Å². The summed E-state index contributed by atoms with van der Waals surface area (Å²) in [5.41, 5.74) is 0. The van der Waals surface area contributed by atoms with Crippen LogP contribution in [0.2, 0.25) is 0 Å². The van der Waals surface area contributed by atoms with Crippen LogP contribution in [-0.4, -0.2) is 16.7 Å². The number of nitrogens with zero attached hydrogens (tertiary/aromatic N) is 2. The largest absolute Gasteiger partial charge is 0.423 e. The Morgan fingerprint density at radius 3 is 2.58 bits per heavy atom. The molecular weight excluding hydrogens is 238 g/mol. The van der Waals surface area contributed by atoms with Gasteiger partial charge in [-0.05, 0) is 55.9 Å². The van der Waals surface area contributed by atoms with Crippen LogP contribution in [0.4, 0.5) is 0 Å². The van der Waals surface area contributed by atoms with E-state index in [1.807, 2.05) is 0 Å². The quantitative estimate of drug-likeness (QED) is 0.885. The highest BCUT2D eigenvalue weighted by Crippen LogP contribution is 2.72. The monoisotopic (exact) mass is 261 g/mol. The molecule has 0 saturated heterocycles. The van der Waals surface area contributed by atoms with Crippen molar-refractivity contribution in [1.82, 2.24) is 15.5 Å². The molecule has 0 aliphatic heterocycles. The van der Waals surface area contributed by atoms with Gasteiger partial charge >= 0.3 is 0 Å². The Bertz CT molecular complexity index is 456. The molecule has 0 radical (unpaired) electrons. The predicted molar refractivity (Wildman–Crippen MR) is 71.6 cm³/mol. The molecule has 4 rings (SSSR count). The first-order valence-corrected chi connectivity index (χ1v) is 7.90. The first kappa shape index (κ1) is 11.9. The number of rotatable bonds is 5. The van der Waals surface area contributed by atoms with E-state index >= 15 is 0 Å². The highest BCUT2D eigenvalue weighted by atomic mass is 16.4. The van der Waals surface area contributed by atoms with Crippen molar-refractivity contribution in [2.45, 2.75) is 51.5 Å². The number of nitrogens with one attached hydrogen (secondary N) is 1. The van der Waals surface area contributed by atoms with Gasteiger partial charge in [-0.1, -0.05) is 13.8 Å². The Kier molecular flexibility index (Phi) is 2.69. The van der Waals surface area contributed by atoms with Crippen LogP contribution in [0.3, 0.4) is 0 Å². The van der Waals surface area contributed by atoms with Crippen molar-refractivity contribution in [1.29, 1.82) is 0 Å². The first-order valence-electron chi connectivity index (χ1n) is 7.90. The van der Waals surface area contributed by atoms with Crippen molar-refractivity contribution < 1.29 is 4.42 Å². The molecular formula is C15H23N3O. The average molecular weight is 261 g/mol. The highest BCUT2D eigenvalue weighted by molar-refractivity contribution is 5.22. The highest BCUT2D eigenvalue weighted by Gasteiger charge is 2.67. The zero-order chi connectivity index (χ0) is 13.0. The van der Waals surface area contributed by atoms with Gasteiger partial charge in [0.1, 0.15) is 0 Å². The van der Waals surface area contributed by atoms with E-state index < -0.39 is 0 Å². The summed E-state index contributed by atoms with van der Waals surface area (Å²) in [7, 11) is 0. The van der Waals surface area contributed by atoms with Gasteiger partial charge in [0.15, 0.2) is 0 Å². The summed E-state index contributed by atoms with van der Waals surface area (Å²) in [5, 5.41) is 12.0. The lowest BCUT2D eigenvalue weighted by Gasteiger charge is -2.10. The second-order valence-corrected chi connectivity index (χ2v) is 6.51. The Labute approximate surface area is 114 Å².